The van der Waals surface area contributed by atoms with Gasteiger partial charge in [0, 0.05) is 23.0 Å². The van der Waals surface area contributed by atoms with E-state index in [2.05, 4.69) is 23.8 Å². The number of carbonyl (C=O) groups is 2. The molecule has 1 aliphatic rings. The molecule has 1 N–H and O–H groups in total. The molecule has 3 aromatic rings. The lowest BCUT2D eigenvalue weighted by Gasteiger charge is -2.23. The molecule has 156 valence electrons. The molecule has 0 aliphatic carbocycles. The van der Waals surface area contributed by atoms with Gasteiger partial charge in [0.1, 0.15) is 5.76 Å². The highest BCUT2D eigenvalue weighted by Gasteiger charge is 2.48. The highest BCUT2D eigenvalue weighted by Crippen LogP contribution is 2.41. The largest absolute Gasteiger partial charge is 0.507 e. The van der Waals surface area contributed by atoms with Gasteiger partial charge in [-0.25, -0.2) is 9.97 Å². The molecule has 1 fully saturated rings. The van der Waals surface area contributed by atoms with Gasteiger partial charge in [0.25, 0.3) is 5.78 Å². The Morgan fingerprint density at radius 2 is 1.61 bits per heavy atom. The van der Waals surface area contributed by atoms with Crippen LogP contribution in [-0.2, 0) is 9.59 Å². The van der Waals surface area contributed by atoms with Crippen molar-refractivity contribution in [2.75, 3.05) is 4.90 Å². The molecule has 0 radical (unpaired) electrons. The second-order valence-electron chi connectivity index (χ2n) is 7.55. The first kappa shape index (κ1) is 20.8. The lowest BCUT2D eigenvalue weighted by Crippen LogP contribution is -2.31. The number of anilines is 1. The van der Waals surface area contributed by atoms with E-state index in [4.69, 9.17) is 11.6 Å². The number of ketones is 1. The zero-order valence-electron chi connectivity index (χ0n) is 17.0. The van der Waals surface area contributed by atoms with Crippen molar-refractivity contribution in [3.8, 4) is 0 Å². The fourth-order valence-corrected chi connectivity index (χ4v) is 3.72. The summed E-state index contributed by atoms with van der Waals surface area (Å²) in [5.41, 5.74) is 2.16. The number of hydrogen-bond donors (Lipinski definition) is 1. The van der Waals surface area contributed by atoms with Crippen molar-refractivity contribution >= 4 is 35.0 Å². The number of nitrogens with zero attached hydrogens (tertiary/aromatic N) is 3. The zero-order chi connectivity index (χ0) is 22.1. The molecule has 0 bridgehead atoms. The summed E-state index contributed by atoms with van der Waals surface area (Å²) < 4.78 is 0. The maximum Gasteiger partial charge on any atom is 0.302 e. The molecule has 1 aromatic heterocycles. The van der Waals surface area contributed by atoms with Gasteiger partial charge in [-0.15, -0.1) is 0 Å². The summed E-state index contributed by atoms with van der Waals surface area (Å²) in [6, 6.07) is 14.8. The predicted octanol–water partition coefficient (Wildman–Crippen LogP) is 4.88. The summed E-state index contributed by atoms with van der Waals surface area (Å²) in [4.78, 5) is 35.6. The number of hydrogen-bond acceptors (Lipinski definition) is 5. The summed E-state index contributed by atoms with van der Waals surface area (Å²) in [5, 5.41) is 11.5. The Labute approximate surface area is 184 Å². The Bertz CT molecular complexity index is 1160. The third-order valence-corrected chi connectivity index (χ3v) is 5.50. The fraction of sp³-hybridized carbons (Fsp3) is 0.167. The molecule has 1 unspecified atom stereocenters. The summed E-state index contributed by atoms with van der Waals surface area (Å²) in [5.74, 6) is -1.44. The van der Waals surface area contributed by atoms with E-state index in [-0.39, 0.29) is 17.3 Å². The van der Waals surface area contributed by atoms with Gasteiger partial charge in [-0.3, -0.25) is 14.5 Å². The van der Waals surface area contributed by atoms with Crippen molar-refractivity contribution in [3.63, 3.8) is 0 Å². The van der Waals surface area contributed by atoms with Crippen molar-refractivity contribution in [3.05, 3.63) is 94.3 Å². The van der Waals surface area contributed by atoms with Crippen LogP contribution in [0.15, 0.2) is 72.6 Å². The van der Waals surface area contributed by atoms with Crippen molar-refractivity contribution < 1.29 is 14.7 Å². The third kappa shape index (κ3) is 3.82. The number of rotatable bonds is 4. The van der Waals surface area contributed by atoms with E-state index in [1.54, 1.807) is 30.3 Å². The molecular formula is C24H20ClN3O3. The number of benzene rings is 2. The molecule has 31 heavy (non-hydrogen) atoms. The zero-order valence-corrected chi connectivity index (χ0v) is 17.7. The van der Waals surface area contributed by atoms with Crippen LogP contribution in [0.2, 0.25) is 5.02 Å². The van der Waals surface area contributed by atoms with E-state index in [1.165, 1.54) is 17.3 Å². The summed E-state index contributed by atoms with van der Waals surface area (Å²) in [6.45, 7) is 4.17. The molecule has 0 spiro atoms. The lowest BCUT2D eigenvalue weighted by atomic mass is 9.93. The maximum atomic E-state index is 13.0. The summed E-state index contributed by atoms with van der Waals surface area (Å²) in [7, 11) is 0. The Morgan fingerprint density at radius 1 is 1.00 bits per heavy atom. The number of aliphatic hydroxyl groups excluding tert-OH is 1. The van der Waals surface area contributed by atoms with Gasteiger partial charge in [0.2, 0.25) is 5.95 Å². The average molecular weight is 434 g/mol. The second-order valence-corrected chi connectivity index (χ2v) is 7.98. The molecule has 2 heterocycles. The third-order valence-electron chi connectivity index (χ3n) is 5.25. The number of amides is 1. The van der Waals surface area contributed by atoms with Crippen LogP contribution in [0.3, 0.4) is 0 Å². The Hall–Kier alpha value is -3.51. The molecule has 2 aromatic carbocycles. The van der Waals surface area contributed by atoms with Gasteiger partial charge in [-0.05, 0) is 47.4 Å². The van der Waals surface area contributed by atoms with Crippen LogP contribution in [0, 0.1) is 0 Å². The average Bonchev–Trinajstić information content (AvgIpc) is 3.05. The highest BCUT2D eigenvalue weighted by atomic mass is 35.5. The minimum absolute atomic E-state index is 0.0166. The van der Waals surface area contributed by atoms with Crippen LogP contribution in [-0.4, -0.2) is 26.8 Å². The first-order chi connectivity index (χ1) is 14.9. The molecule has 1 aliphatic heterocycles. The summed E-state index contributed by atoms with van der Waals surface area (Å²) >= 11 is 5.95. The number of carbonyl (C=O) groups excluding carboxylic acids is 2. The normalized spacial score (nSPS) is 18.1. The first-order valence-electron chi connectivity index (χ1n) is 9.82. The number of aromatic nitrogens is 2. The topological polar surface area (TPSA) is 83.4 Å². The molecule has 1 amide bonds. The lowest BCUT2D eigenvalue weighted by molar-refractivity contribution is -0.132. The van der Waals surface area contributed by atoms with E-state index in [9.17, 15) is 14.7 Å². The van der Waals surface area contributed by atoms with Gasteiger partial charge >= 0.3 is 5.91 Å². The van der Waals surface area contributed by atoms with E-state index >= 15 is 0 Å². The SMILES string of the molecule is CC(C)c1ccc(C2/C(=C(/O)c3ccc(Cl)cc3)C(=O)C(=O)N2c2ncccn2)cc1. The van der Waals surface area contributed by atoms with Crippen LogP contribution in [0.5, 0.6) is 0 Å². The van der Waals surface area contributed by atoms with Gasteiger partial charge in [0.15, 0.2) is 0 Å². The van der Waals surface area contributed by atoms with Crippen LogP contribution in [0.4, 0.5) is 5.95 Å². The quantitative estimate of drug-likeness (QED) is 0.360. The molecule has 0 saturated carbocycles. The van der Waals surface area contributed by atoms with Gasteiger partial charge in [-0.1, -0.05) is 49.7 Å². The van der Waals surface area contributed by atoms with Crippen LogP contribution < -0.4 is 4.90 Å². The predicted molar refractivity (Wildman–Crippen MR) is 119 cm³/mol. The molecule has 1 atom stereocenters. The monoisotopic (exact) mass is 433 g/mol. The molecule has 6 nitrogen and oxygen atoms in total. The van der Waals surface area contributed by atoms with Crippen LogP contribution >= 0.6 is 11.6 Å². The maximum absolute atomic E-state index is 13.0. The van der Waals surface area contributed by atoms with E-state index in [0.717, 1.165) is 5.56 Å². The second kappa shape index (κ2) is 8.32. The van der Waals surface area contributed by atoms with E-state index in [0.29, 0.717) is 22.1 Å². The van der Waals surface area contributed by atoms with Gasteiger partial charge in [-0.2, -0.15) is 0 Å². The minimum atomic E-state index is -0.862. The van der Waals surface area contributed by atoms with Crippen molar-refractivity contribution in [2.45, 2.75) is 25.8 Å². The Balaban J connectivity index is 1.91. The number of aliphatic hydroxyl groups is 1. The molecule has 1 saturated heterocycles. The van der Waals surface area contributed by atoms with Gasteiger partial charge < -0.3 is 5.11 Å². The number of halogens is 1. The Morgan fingerprint density at radius 3 is 2.19 bits per heavy atom. The standard InChI is InChI=1S/C24H20ClN3O3/c1-14(2)15-4-6-16(7-5-15)20-19(21(29)17-8-10-18(25)11-9-17)22(30)23(31)28(20)24-26-12-3-13-27-24/h3-14,20,29H,1-2H3/b21-19-. The van der Waals surface area contributed by atoms with Crippen molar-refractivity contribution in [1.29, 1.82) is 0 Å². The Kier molecular flexibility index (Phi) is 5.57. The summed E-state index contributed by atoms with van der Waals surface area (Å²) in [6.07, 6.45) is 3.00. The van der Waals surface area contributed by atoms with Crippen LogP contribution in [0.1, 0.15) is 42.5 Å². The minimum Gasteiger partial charge on any atom is -0.507 e. The van der Waals surface area contributed by atoms with E-state index in [1.807, 2.05) is 24.3 Å². The van der Waals surface area contributed by atoms with Crippen molar-refractivity contribution in [2.24, 2.45) is 0 Å². The van der Waals surface area contributed by atoms with Crippen LogP contribution in [0.25, 0.3) is 5.76 Å². The molecular weight excluding hydrogens is 414 g/mol. The fourth-order valence-electron chi connectivity index (χ4n) is 3.60. The highest BCUT2D eigenvalue weighted by molar-refractivity contribution is 6.51. The first-order valence-corrected chi connectivity index (χ1v) is 10.2. The van der Waals surface area contributed by atoms with Crippen molar-refractivity contribution in [1.82, 2.24) is 9.97 Å². The van der Waals surface area contributed by atoms with E-state index < -0.39 is 17.7 Å². The van der Waals surface area contributed by atoms with Gasteiger partial charge in [0.05, 0.1) is 11.6 Å². The smallest absolute Gasteiger partial charge is 0.302 e. The molecule has 4 rings (SSSR count). The molecule has 7 heteroatoms. The number of Topliss-reactive ketones (excluding diaryl/α,β-unsaturated/α-hetero) is 1.